The highest BCUT2D eigenvalue weighted by molar-refractivity contribution is 6.06. The number of aryl methyl sites for hydroxylation is 1. The number of amides is 1. The summed E-state index contributed by atoms with van der Waals surface area (Å²) in [6.45, 7) is 5.02. The van der Waals surface area contributed by atoms with Crippen LogP contribution in [0.15, 0.2) is 54.6 Å². The van der Waals surface area contributed by atoms with Gasteiger partial charge in [0.2, 0.25) is 0 Å². The number of nitrogens with zero attached hydrogens (tertiary/aromatic N) is 1. The number of carbonyl (C=O) groups excluding carboxylic acids is 1. The predicted octanol–water partition coefficient (Wildman–Crippen LogP) is 4.70. The summed E-state index contributed by atoms with van der Waals surface area (Å²) in [7, 11) is 0. The van der Waals surface area contributed by atoms with Crippen LogP contribution >= 0.6 is 0 Å². The van der Waals surface area contributed by atoms with E-state index in [4.69, 9.17) is 0 Å². The molecule has 0 aliphatic carbocycles. The number of anilines is 1. The summed E-state index contributed by atoms with van der Waals surface area (Å²) < 4.78 is 0. The highest BCUT2D eigenvalue weighted by Crippen LogP contribution is 2.18. The standard InChI is InChI=1S/C19H23NO/c1-3-5-15-20(18-9-7-6-8-10-18)19(21)17-13-11-16(4-2)12-14-17/h6-14H,3-5,15H2,1-2H3. The smallest absolute Gasteiger partial charge is 0.258 e. The molecule has 0 saturated heterocycles. The van der Waals surface area contributed by atoms with Crippen molar-refractivity contribution in [2.24, 2.45) is 0 Å². The molecule has 21 heavy (non-hydrogen) atoms. The number of hydrogen-bond donors (Lipinski definition) is 0. The van der Waals surface area contributed by atoms with Gasteiger partial charge < -0.3 is 4.90 Å². The Morgan fingerprint density at radius 2 is 1.62 bits per heavy atom. The Bertz CT molecular complexity index is 560. The first-order chi connectivity index (χ1) is 10.3. The lowest BCUT2D eigenvalue weighted by Gasteiger charge is -2.23. The van der Waals surface area contributed by atoms with Crippen LogP contribution in [-0.4, -0.2) is 12.5 Å². The molecule has 2 heteroatoms. The summed E-state index contributed by atoms with van der Waals surface area (Å²) in [5, 5.41) is 0. The van der Waals surface area contributed by atoms with Gasteiger partial charge in [-0.1, -0.05) is 50.6 Å². The number of benzene rings is 2. The lowest BCUT2D eigenvalue weighted by molar-refractivity contribution is 0.0986. The summed E-state index contributed by atoms with van der Waals surface area (Å²) in [6, 6.07) is 17.9. The van der Waals surface area contributed by atoms with Gasteiger partial charge in [0.05, 0.1) is 0 Å². The molecule has 0 aliphatic heterocycles. The van der Waals surface area contributed by atoms with Crippen molar-refractivity contribution in [3.63, 3.8) is 0 Å². The fraction of sp³-hybridized carbons (Fsp3) is 0.316. The van der Waals surface area contributed by atoms with Crippen LogP contribution in [0.5, 0.6) is 0 Å². The minimum absolute atomic E-state index is 0.0808. The second-order valence-electron chi connectivity index (χ2n) is 5.20. The maximum Gasteiger partial charge on any atom is 0.258 e. The van der Waals surface area contributed by atoms with Crippen LogP contribution in [0.3, 0.4) is 0 Å². The zero-order valence-corrected chi connectivity index (χ0v) is 12.9. The summed E-state index contributed by atoms with van der Waals surface area (Å²) in [5.41, 5.74) is 2.98. The molecule has 0 unspecified atom stereocenters. The van der Waals surface area contributed by atoms with E-state index in [1.807, 2.05) is 59.5 Å². The minimum Gasteiger partial charge on any atom is -0.308 e. The van der Waals surface area contributed by atoms with Crippen molar-refractivity contribution in [1.82, 2.24) is 0 Å². The Morgan fingerprint density at radius 1 is 0.952 bits per heavy atom. The first-order valence-electron chi connectivity index (χ1n) is 7.72. The van der Waals surface area contributed by atoms with E-state index in [1.165, 1.54) is 5.56 Å². The summed E-state index contributed by atoms with van der Waals surface area (Å²) in [6.07, 6.45) is 3.08. The summed E-state index contributed by atoms with van der Waals surface area (Å²) >= 11 is 0. The van der Waals surface area contributed by atoms with E-state index >= 15 is 0 Å². The Morgan fingerprint density at radius 3 is 2.19 bits per heavy atom. The quantitative estimate of drug-likeness (QED) is 0.751. The molecule has 0 atom stereocenters. The van der Waals surface area contributed by atoms with E-state index in [9.17, 15) is 4.79 Å². The van der Waals surface area contributed by atoms with Gasteiger partial charge in [0.1, 0.15) is 0 Å². The molecule has 2 aromatic carbocycles. The second-order valence-corrected chi connectivity index (χ2v) is 5.20. The van der Waals surface area contributed by atoms with Crippen LogP contribution in [0.1, 0.15) is 42.6 Å². The third-order valence-corrected chi connectivity index (χ3v) is 3.66. The molecule has 0 aromatic heterocycles. The van der Waals surface area contributed by atoms with Gasteiger partial charge in [-0.3, -0.25) is 4.79 Å². The lowest BCUT2D eigenvalue weighted by Crippen LogP contribution is -2.31. The van der Waals surface area contributed by atoms with Crippen LogP contribution in [0, 0.1) is 0 Å². The second kappa shape index (κ2) is 7.63. The van der Waals surface area contributed by atoms with Crippen LogP contribution in [0.25, 0.3) is 0 Å². The molecule has 0 spiro atoms. The number of rotatable bonds is 6. The third-order valence-electron chi connectivity index (χ3n) is 3.66. The van der Waals surface area contributed by atoms with E-state index in [-0.39, 0.29) is 5.91 Å². The predicted molar refractivity (Wildman–Crippen MR) is 88.8 cm³/mol. The monoisotopic (exact) mass is 281 g/mol. The molecule has 110 valence electrons. The Hall–Kier alpha value is -2.09. The molecular formula is C19H23NO. The van der Waals surface area contributed by atoms with E-state index in [0.717, 1.165) is 37.1 Å². The molecule has 0 aliphatic rings. The molecule has 0 heterocycles. The molecular weight excluding hydrogens is 258 g/mol. The van der Waals surface area contributed by atoms with Crippen molar-refractivity contribution in [2.75, 3.05) is 11.4 Å². The normalized spacial score (nSPS) is 10.4. The van der Waals surface area contributed by atoms with Crippen LogP contribution in [0.2, 0.25) is 0 Å². The molecule has 0 bridgehead atoms. The molecule has 0 saturated carbocycles. The number of para-hydroxylation sites is 1. The van der Waals surface area contributed by atoms with Crippen molar-refractivity contribution >= 4 is 11.6 Å². The average Bonchev–Trinajstić information content (AvgIpc) is 2.56. The molecule has 2 rings (SSSR count). The zero-order valence-electron chi connectivity index (χ0n) is 12.9. The van der Waals surface area contributed by atoms with Gasteiger partial charge in [-0.05, 0) is 42.7 Å². The SMILES string of the molecule is CCCCN(C(=O)c1ccc(CC)cc1)c1ccccc1. The van der Waals surface area contributed by atoms with Gasteiger partial charge in [-0.2, -0.15) is 0 Å². The number of hydrogen-bond acceptors (Lipinski definition) is 1. The van der Waals surface area contributed by atoms with Crippen LogP contribution in [0.4, 0.5) is 5.69 Å². The Kier molecular flexibility index (Phi) is 5.56. The van der Waals surface area contributed by atoms with Gasteiger partial charge >= 0.3 is 0 Å². The Balaban J connectivity index is 2.24. The number of unbranched alkanes of at least 4 members (excludes halogenated alkanes) is 1. The van der Waals surface area contributed by atoms with E-state index in [1.54, 1.807) is 0 Å². The fourth-order valence-corrected chi connectivity index (χ4v) is 2.31. The van der Waals surface area contributed by atoms with Crippen molar-refractivity contribution in [1.29, 1.82) is 0 Å². The van der Waals surface area contributed by atoms with Crippen molar-refractivity contribution in [3.8, 4) is 0 Å². The molecule has 2 nitrogen and oxygen atoms in total. The van der Waals surface area contributed by atoms with Gasteiger partial charge in [0, 0.05) is 17.8 Å². The van der Waals surface area contributed by atoms with Gasteiger partial charge in [0.15, 0.2) is 0 Å². The van der Waals surface area contributed by atoms with Crippen molar-refractivity contribution < 1.29 is 4.79 Å². The molecule has 0 N–H and O–H groups in total. The molecule has 1 amide bonds. The highest BCUT2D eigenvalue weighted by atomic mass is 16.2. The lowest BCUT2D eigenvalue weighted by atomic mass is 10.1. The maximum absolute atomic E-state index is 12.8. The Labute approximate surface area is 127 Å². The molecule has 0 radical (unpaired) electrons. The first kappa shape index (κ1) is 15.3. The van der Waals surface area contributed by atoms with Crippen molar-refractivity contribution in [2.45, 2.75) is 33.1 Å². The van der Waals surface area contributed by atoms with Crippen LogP contribution < -0.4 is 4.90 Å². The molecule has 0 fully saturated rings. The van der Waals surface area contributed by atoms with E-state index in [0.29, 0.717) is 0 Å². The minimum atomic E-state index is 0.0808. The zero-order chi connectivity index (χ0) is 15.1. The molecule has 2 aromatic rings. The van der Waals surface area contributed by atoms with Crippen LogP contribution in [-0.2, 0) is 6.42 Å². The highest BCUT2D eigenvalue weighted by Gasteiger charge is 2.16. The topological polar surface area (TPSA) is 20.3 Å². The van der Waals surface area contributed by atoms with Gasteiger partial charge in [-0.25, -0.2) is 0 Å². The number of carbonyl (C=O) groups is 1. The van der Waals surface area contributed by atoms with Gasteiger partial charge in [0.25, 0.3) is 5.91 Å². The maximum atomic E-state index is 12.8. The fourth-order valence-electron chi connectivity index (χ4n) is 2.31. The average molecular weight is 281 g/mol. The summed E-state index contributed by atoms with van der Waals surface area (Å²) in [5.74, 6) is 0.0808. The largest absolute Gasteiger partial charge is 0.308 e. The third kappa shape index (κ3) is 3.94. The van der Waals surface area contributed by atoms with E-state index in [2.05, 4.69) is 13.8 Å². The van der Waals surface area contributed by atoms with Crippen molar-refractivity contribution in [3.05, 3.63) is 65.7 Å². The summed E-state index contributed by atoms with van der Waals surface area (Å²) in [4.78, 5) is 14.7. The van der Waals surface area contributed by atoms with Gasteiger partial charge in [-0.15, -0.1) is 0 Å². The van der Waals surface area contributed by atoms with E-state index < -0.39 is 0 Å². The first-order valence-corrected chi connectivity index (χ1v) is 7.72.